The fourth-order valence-corrected chi connectivity index (χ4v) is 2.07. The van der Waals surface area contributed by atoms with Crippen molar-refractivity contribution in [3.8, 4) is 0 Å². The molecule has 94 valence electrons. The van der Waals surface area contributed by atoms with Gasteiger partial charge in [0.1, 0.15) is 6.23 Å². The van der Waals surface area contributed by atoms with Crippen LogP contribution in [0.1, 0.15) is 12.6 Å². The van der Waals surface area contributed by atoms with E-state index in [9.17, 15) is 14.0 Å². The second-order valence-electron chi connectivity index (χ2n) is 3.92. The number of hydrogen-bond acceptors (Lipinski definition) is 4. The Morgan fingerprint density at radius 1 is 1.71 bits per heavy atom. The molecule has 1 fully saturated rings. The lowest BCUT2D eigenvalue weighted by atomic mass is 10.1. The molecule has 0 aromatic carbocycles. The third kappa shape index (κ3) is 2.43. The van der Waals surface area contributed by atoms with Crippen LogP contribution in [-0.2, 0) is 4.74 Å². The van der Waals surface area contributed by atoms with Crippen molar-refractivity contribution < 1.29 is 14.2 Å². The molecule has 0 unspecified atom stereocenters. The summed E-state index contributed by atoms with van der Waals surface area (Å²) in [6.07, 6.45) is 0.395. The predicted octanol–water partition coefficient (Wildman–Crippen LogP) is -0.239. The fourth-order valence-electron chi connectivity index (χ4n) is 1.64. The van der Waals surface area contributed by atoms with Crippen LogP contribution in [0.3, 0.4) is 0 Å². The van der Waals surface area contributed by atoms with Crippen molar-refractivity contribution in [2.45, 2.75) is 18.3 Å². The van der Waals surface area contributed by atoms with Gasteiger partial charge in [-0.05, 0) is 22.6 Å². The summed E-state index contributed by atoms with van der Waals surface area (Å²) in [5, 5.41) is 8.86. The van der Waals surface area contributed by atoms with Crippen LogP contribution in [0.25, 0.3) is 0 Å². The molecular formula is C9H10FIN2O4. The van der Waals surface area contributed by atoms with Crippen LogP contribution in [0.4, 0.5) is 4.39 Å². The van der Waals surface area contributed by atoms with E-state index < -0.39 is 29.8 Å². The van der Waals surface area contributed by atoms with Crippen molar-refractivity contribution in [1.82, 2.24) is 9.55 Å². The molecule has 1 aromatic heterocycles. The van der Waals surface area contributed by atoms with Gasteiger partial charge in [-0.1, -0.05) is 0 Å². The Bertz CT molecular complexity index is 543. The number of halogens is 2. The van der Waals surface area contributed by atoms with Crippen LogP contribution >= 0.6 is 22.6 Å². The second-order valence-corrected chi connectivity index (χ2v) is 5.08. The van der Waals surface area contributed by atoms with E-state index in [2.05, 4.69) is 4.98 Å². The first-order valence-electron chi connectivity index (χ1n) is 4.87. The van der Waals surface area contributed by atoms with E-state index >= 15 is 0 Å². The summed E-state index contributed by atoms with van der Waals surface area (Å²) in [6.45, 7) is -0.922. The van der Waals surface area contributed by atoms with Crippen LogP contribution in [0.2, 0.25) is 0 Å². The topological polar surface area (TPSA) is 84.3 Å². The van der Waals surface area contributed by atoms with Gasteiger partial charge in [-0.2, -0.15) is 0 Å². The zero-order valence-corrected chi connectivity index (χ0v) is 10.8. The van der Waals surface area contributed by atoms with Gasteiger partial charge in [0.2, 0.25) is 0 Å². The molecule has 1 aromatic rings. The third-order valence-electron chi connectivity index (χ3n) is 2.59. The van der Waals surface area contributed by atoms with E-state index in [1.807, 2.05) is 0 Å². The monoisotopic (exact) mass is 356 g/mol. The first-order valence-corrected chi connectivity index (χ1v) is 5.95. The molecule has 2 atom stereocenters. The summed E-state index contributed by atoms with van der Waals surface area (Å²) in [7, 11) is 0. The molecule has 6 nitrogen and oxygen atoms in total. The molecule has 0 spiro atoms. The lowest BCUT2D eigenvalue weighted by Crippen LogP contribution is -2.34. The Labute approximate surface area is 109 Å². The number of alkyl halides is 1. The summed E-state index contributed by atoms with van der Waals surface area (Å²) in [4.78, 5) is 24.8. The highest BCUT2D eigenvalue weighted by Crippen LogP contribution is 2.33. The van der Waals surface area contributed by atoms with Gasteiger partial charge in [-0.25, -0.2) is 9.18 Å². The second kappa shape index (κ2) is 4.50. The molecule has 8 heteroatoms. The summed E-state index contributed by atoms with van der Waals surface area (Å²) < 4.78 is 20.3. The molecule has 1 aliphatic rings. The number of aromatic nitrogens is 2. The number of aromatic amines is 1. The Kier molecular flexibility index (Phi) is 3.36. The zero-order chi connectivity index (χ0) is 12.6. The number of hydrogen-bond donors (Lipinski definition) is 2. The lowest BCUT2D eigenvalue weighted by molar-refractivity contribution is 0.0272. The Balaban J connectivity index is 2.34. The van der Waals surface area contributed by atoms with Gasteiger partial charge in [0.15, 0.2) is 5.67 Å². The number of ether oxygens (including phenoxy) is 1. The molecule has 17 heavy (non-hydrogen) atoms. The molecule has 1 aliphatic heterocycles. The Hall–Kier alpha value is -0.740. The smallest absolute Gasteiger partial charge is 0.330 e. The lowest BCUT2D eigenvalue weighted by Gasteiger charge is -2.14. The van der Waals surface area contributed by atoms with Gasteiger partial charge in [0.05, 0.1) is 16.8 Å². The summed E-state index contributed by atoms with van der Waals surface area (Å²) in [6, 6.07) is 0. The summed E-state index contributed by atoms with van der Waals surface area (Å²) in [5.74, 6) is 0. The first kappa shape index (κ1) is 12.7. The Morgan fingerprint density at radius 2 is 2.41 bits per heavy atom. The van der Waals surface area contributed by atoms with Gasteiger partial charge in [0, 0.05) is 12.6 Å². The molecule has 0 saturated carbocycles. The minimum absolute atomic E-state index is 0.120. The zero-order valence-electron chi connectivity index (χ0n) is 8.65. The van der Waals surface area contributed by atoms with E-state index in [1.54, 1.807) is 22.6 Å². The van der Waals surface area contributed by atoms with Crippen molar-refractivity contribution in [3.63, 3.8) is 0 Å². The standard InChI is InChI=1S/C9H10FIN2O4/c10-9(3-14)1-6(17-4-9)13-2-5(11)7(15)12-8(13)16/h2,6,14H,1,3-4H2,(H,12,15,16)/t6-,9-/m1/s1. The third-order valence-corrected chi connectivity index (χ3v) is 3.36. The van der Waals surface area contributed by atoms with Crippen molar-refractivity contribution in [1.29, 1.82) is 0 Å². The number of rotatable bonds is 2. The fraction of sp³-hybridized carbons (Fsp3) is 0.556. The van der Waals surface area contributed by atoms with Crippen LogP contribution < -0.4 is 11.2 Å². The summed E-state index contributed by atoms with van der Waals surface area (Å²) >= 11 is 1.77. The number of nitrogens with zero attached hydrogens (tertiary/aromatic N) is 1. The molecule has 1 saturated heterocycles. The molecule has 0 amide bonds. The molecule has 0 radical (unpaired) electrons. The number of aliphatic hydroxyl groups excluding tert-OH is 1. The van der Waals surface area contributed by atoms with E-state index in [4.69, 9.17) is 9.84 Å². The predicted molar refractivity (Wildman–Crippen MR) is 64.6 cm³/mol. The number of nitrogens with one attached hydrogen (secondary N) is 1. The van der Waals surface area contributed by atoms with E-state index in [-0.39, 0.29) is 13.0 Å². The van der Waals surface area contributed by atoms with Crippen molar-refractivity contribution in [2.75, 3.05) is 13.2 Å². The van der Waals surface area contributed by atoms with Gasteiger partial charge in [0.25, 0.3) is 5.56 Å². The van der Waals surface area contributed by atoms with Crippen LogP contribution in [-0.4, -0.2) is 33.5 Å². The molecule has 2 rings (SSSR count). The van der Waals surface area contributed by atoms with Crippen molar-refractivity contribution in [2.24, 2.45) is 0 Å². The van der Waals surface area contributed by atoms with E-state index in [1.165, 1.54) is 6.20 Å². The highest BCUT2D eigenvalue weighted by atomic mass is 127. The van der Waals surface area contributed by atoms with Crippen molar-refractivity contribution in [3.05, 3.63) is 30.6 Å². The number of H-pyrrole nitrogens is 1. The van der Waals surface area contributed by atoms with Gasteiger partial charge in [-0.15, -0.1) is 0 Å². The molecule has 2 heterocycles. The maximum absolute atomic E-state index is 13.7. The maximum Gasteiger partial charge on any atom is 0.330 e. The van der Waals surface area contributed by atoms with E-state index in [0.29, 0.717) is 3.57 Å². The van der Waals surface area contributed by atoms with Gasteiger partial charge < -0.3 is 9.84 Å². The maximum atomic E-state index is 13.7. The van der Waals surface area contributed by atoms with Crippen LogP contribution in [0.15, 0.2) is 15.8 Å². The molecular weight excluding hydrogens is 346 g/mol. The summed E-state index contributed by atoms with van der Waals surface area (Å²) in [5.41, 5.74) is -2.97. The Morgan fingerprint density at radius 3 is 3.00 bits per heavy atom. The molecule has 2 N–H and O–H groups in total. The first-order chi connectivity index (χ1) is 7.95. The normalized spacial score (nSPS) is 28.5. The van der Waals surface area contributed by atoms with Gasteiger partial charge >= 0.3 is 5.69 Å². The quantitative estimate of drug-likeness (QED) is 0.717. The average Bonchev–Trinajstić information content (AvgIpc) is 2.67. The number of aliphatic hydroxyl groups is 1. The van der Waals surface area contributed by atoms with Crippen molar-refractivity contribution >= 4 is 22.6 Å². The SMILES string of the molecule is O=c1[nH]c(=O)n([C@H]2C[C@@](F)(CO)CO2)cc1I. The highest BCUT2D eigenvalue weighted by Gasteiger charge is 2.41. The highest BCUT2D eigenvalue weighted by molar-refractivity contribution is 14.1. The minimum atomic E-state index is -1.83. The average molecular weight is 356 g/mol. The van der Waals surface area contributed by atoms with Crippen LogP contribution in [0.5, 0.6) is 0 Å². The minimum Gasteiger partial charge on any atom is -0.393 e. The van der Waals surface area contributed by atoms with E-state index in [0.717, 1.165) is 4.57 Å². The molecule has 0 bridgehead atoms. The van der Waals surface area contributed by atoms with Crippen LogP contribution in [0, 0.1) is 3.57 Å². The van der Waals surface area contributed by atoms with Gasteiger partial charge in [-0.3, -0.25) is 14.3 Å². The molecule has 0 aliphatic carbocycles. The largest absolute Gasteiger partial charge is 0.393 e.